The Labute approximate surface area is 126 Å². The summed E-state index contributed by atoms with van der Waals surface area (Å²) >= 11 is 1.08. The molecule has 0 saturated carbocycles. The molecule has 2 heterocycles. The lowest BCUT2D eigenvalue weighted by molar-refractivity contribution is 0.0333. The highest BCUT2D eigenvalue weighted by Crippen LogP contribution is 2.19. The summed E-state index contributed by atoms with van der Waals surface area (Å²) in [5.41, 5.74) is 0.116. The van der Waals surface area contributed by atoms with E-state index in [2.05, 4.69) is 15.6 Å². The average Bonchev–Trinajstić information content (AvgIpc) is 2.78. The van der Waals surface area contributed by atoms with Gasteiger partial charge in [0.25, 0.3) is 0 Å². The van der Waals surface area contributed by atoms with Crippen molar-refractivity contribution in [1.29, 1.82) is 0 Å². The van der Waals surface area contributed by atoms with Crippen LogP contribution < -0.4 is 10.6 Å². The predicted molar refractivity (Wildman–Crippen MR) is 77.6 cm³/mol. The van der Waals surface area contributed by atoms with Crippen LogP contribution in [0.1, 0.15) is 40.1 Å². The number of ether oxygens (including phenoxy) is 1. The molecule has 2 amide bonds. The molecule has 116 valence electrons. The maximum absolute atomic E-state index is 11.9. The monoisotopic (exact) mass is 313 g/mol. The van der Waals surface area contributed by atoms with Crippen molar-refractivity contribution >= 4 is 23.3 Å². The molecular weight excluding hydrogens is 294 g/mol. The van der Waals surface area contributed by atoms with Crippen LogP contribution in [0.15, 0.2) is 0 Å². The summed E-state index contributed by atoms with van der Waals surface area (Å²) in [6.07, 6.45) is 1.80. The van der Waals surface area contributed by atoms with E-state index in [4.69, 9.17) is 9.84 Å². The third kappa shape index (κ3) is 4.15. The van der Waals surface area contributed by atoms with Crippen LogP contribution in [0.2, 0.25) is 0 Å². The van der Waals surface area contributed by atoms with E-state index in [9.17, 15) is 9.59 Å². The Morgan fingerprint density at radius 1 is 1.52 bits per heavy atom. The fraction of sp³-hybridized carbons (Fsp3) is 0.615. The van der Waals surface area contributed by atoms with E-state index in [-0.39, 0.29) is 23.0 Å². The second kappa shape index (κ2) is 6.40. The van der Waals surface area contributed by atoms with Gasteiger partial charge >= 0.3 is 12.0 Å². The van der Waals surface area contributed by atoms with Crippen LogP contribution >= 0.6 is 11.3 Å². The number of rotatable bonds is 4. The first kappa shape index (κ1) is 15.7. The number of urea groups is 1. The van der Waals surface area contributed by atoms with Crippen molar-refractivity contribution < 1.29 is 19.4 Å². The number of amides is 2. The van der Waals surface area contributed by atoms with Crippen LogP contribution in [0.3, 0.4) is 0 Å². The molecule has 1 fully saturated rings. The number of nitrogens with one attached hydrogen (secondary N) is 2. The number of aryl methyl sites for hydroxylation is 1. The first-order valence-electron chi connectivity index (χ1n) is 6.73. The smallest absolute Gasteiger partial charge is 0.347 e. The van der Waals surface area contributed by atoms with E-state index in [1.807, 2.05) is 6.92 Å². The summed E-state index contributed by atoms with van der Waals surface area (Å²) < 4.78 is 5.38. The van der Waals surface area contributed by atoms with Crippen LogP contribution in [-0.4, -0.2) is 40.8 Å². The van der Waals surface area contributed by atoms with Crippen LogP contribution in [0, 0.1) is 6.92 Å². The maximum atomic E-state index is 11.9. The van der Waals surface area contributed by atoms with Gasteiger partial charge in [-0.05, 0) is 26.7 Å². The maximum Gasteiger partial charge on any atom is 0.347 e. The number of aromatic carboxylic acids is 1. The van der Waals surface area contributed by atoms with Gasteiger partial charge in [-0.25, -0.2) is 14.6 Å². The summed E-state index contributed by atoms with van der Waals surface area (Å²) in [6.45, 7) is 5.03. The van der Waals surface area contributed by atoms with Gasteiger partial charge in [0.15, 0.2) is 0 Å². The van der Waals surface area contributed by atoms with Crippen molar-refractivity contribution in [2.24, 2.45) is 0 Å². The number of carbonyl (C=O) groups is 2. The minimum absolute atomic E-state index is 0.208. The molecule has 8 heteroatoms. The van der Waals surface area contributed by atoms with E-state index in [1.165, 1.54) is 0 Å². The number of carboxylic acid groups (broad SMARTS) is 1. The van der Waals surface area contributed by atoms with E-state index in [0.29, 0.717) is 17.3 Å². The molecular formula is C13H19N3O4S. The van der Waals surface area contributed by atoms with Crippen molar-refractivity contribution in [2.45, 2.75) is 38.8 Å². The number of thiazole rings is 1. The molecule has 1 aliphatic rings. The lowest BCUT2D eigenvalue weighted by atomic mass is 9.95. The Balaban J connectivity index is 1.86. The lowest BCUT2D eigenvalue weighted by Gasteiger charge is -2.34. The first-order chi connectivity index (χ1) is 9.89. The average molecular weight is 313 g/mol. The van der Waals surface area contributed by atoms with E-state index < -0.39 is 5.97 Å². The minimum atomic E-state index is -0.993. The van der Waals surface area contributed by atoms with Crippen LogP contribution in [0.5, 0.6) is 0 Å². The zero-order valence-electron chi connectivity index (χ0n) is 12.1. The zero-order valence-corrected chi connectivity index (χ0v) is 12.9. The molecule has 0 aromatic carbocycles. The number of hydrogen-bond donors (Lipinski definition) is 3. The largest absolute Gasteiger partial charge is 0.477 e. The van der Waals surface area contributed by atoms with E-state index in [0.717, 1.165) is 30.8 Å². The predicted octanol–water partition coefficient (Wildman–Crippen LogP) is 1.52. The normalized spacial score (nSPS) is 21.8. The molecule has 1 unspecified atom stereocenters. The minimum Gasteiger partial charge on any atom is -0.477 e. The highest BCUT2D eigenvalue weighted by molar-refractivity contribution is 7.13. The molecule has 1 aromatic heterocycles. The summed E-state index contributed by atoms with van der Waals surface area (Å²) in [7, 11) is 0. The summed E-state index contributed by atoms with van der Waals surface area (Å²) in [6, 6.07) is -0.298. The summed E-state index contributed by atoms with van der Waals surface area (Å²) in [4.78, 5) is 27.2. The standard InChI is InChI=1S/C13H19N3O4S/c1-8-10(11(17)18)21-9(15-8)6-14-12(19)16-13(2)4-3-5-20-7-13/h3-7H2,1-2H3,(H,17,18)(H2,14,16,19). The topological polar surface area (TPSA) is 101 Å². The zero-order chi connectivity index (χ0) is 15.5. The van der Waals surface area contributed by atoms with Gasteiger partial charge in [0.2, 0.25) is 0 Å². The summed E-state index contributed by atoms with van der Waals surface area (Å²) in [5.74, 6) is -0.993. The number of carbonyl (C=O) groups excluding carboxylic acids is 1. The highest BCUT2D eigenvalue weighted by Gasteiger charge is 2.29. The molecule has 1 atom stereocenters. The Kier molecular flexibility index (Phi) is 4.79. The Morgan fingerprint density at radius 3 is 2.86 bits per heavy atom. The van der Waals surface area contributed by atoms with Crippen LogP contribution in [-0.2, 0) is 11.3 Å². The molecule has 0 bridgehead atoms. The Hall–Kier alpha value is -1.67. The highest BCUT2D eigenvalue weighted by atomic mass is 32.1. The van der Waals surface area contributed by atoms with Gasteiger partial charge in [-0.15, -0.1) is 11.3 Å². The quantitative estimate of drug-likeness (QED) is 0.782. The molecule has 3 N–H and O–H groups in total. The van der Waals surface area contributed by atoms with Gasteiger partial charge in [-0.3, -0.25) is 0 Å². The Bertz CT molecular complexity index is 538. The molecule has 0 spiro atoms. The number of hydrogen-bond acceptors (Lipinski definition) is 5. The fourth-order valence-corrected chi connectivity index (χ4v) is 3.08. The molecule has 0 aliphatic carbocycles. The molecule has 1 aromatic rings. The lowest BCUT2D eigenvalue weighted by Crippen LogP contribution is -2.54. The second-order valence-electron chi connectivity index (χ2n) is 5.35. The molecule has 21 heavy (non-hydrogen) atoms. The van der Waals surface area contributed by atoms with Crippen molar-refractivity contribution in [3.8, 4) is 0 Å². The van der Waals surface area contributed by atoms with Gasteiger partial charge in [-0.2, -0.15) is 0 Å². The Morgan fingerprint density at radius 2 is 2.29 bits per heavy atom. The van der Waals surface area contributed by atoms with Crippen LogP contribution in [0.4, 0.5) is 4.79 Å². The number of nitrogens with zero attached hydrogens (tertiary/aromatic N) is 1. The van der Waals surface area contributed by atoms with Gasteiger partial charge in [0.05, 0.1) is 24.4 Å². The summed E-state index contributed by atoms with van der Waals surface area (Å²) in [5, 5.41) is 15.1. The molecule has 1 aliphatic heterocycles. The van der Waals surface area contributed by atoms with Crippen molar-refractivity contribution in [3.63, 3.8) is 0 Å². The van der Waals surface area contributed by atoms with Gasteiger partial charge in [0, 0.05) is 6.61 Å². The van der Waals surface area contributed by atoms with Gasteiger partial charge in [-0.1, -0.05) is 0 Å². The first-order valence-corrected chi connectivity index (χ1v) is 7.55. The van der Waals surface area contributed by atoms with Crippen molar-refractivity contribution in [1.82, 2.24) is 15.6 Å². The second-order valence-corrected chi connectivity index (χ2v) is 6.44. The molecule has 1 saturated heterocycles. The molecule has 0 radical (unpaired) electrons. The molecule has 2 rings (SSSR count). The van der Waals surface area contributed by atoms with Gasteiger partial charge in [0.1, 0.15) is 9.88 Å². The number of carboxylic acids is 1. The van der Waals surface area contributed by atoms with E-state index in [1.54, 1.807) is 6.92 Å². The third-order valence-corrected chi connectivity index (χ3v) is 4.43. The molecule has 7 nitrogen and oxygen atoms in total. The van der Waals surface area contributed by atoms with Crippen molar-refractivity contribution in [2.75, 3.05) is 13.2 Å². The third-order valence-electron chi connectivity index (χ3n) is 3.29. The fourth-order valence-electron chi connectivity index (χ4n) is 2.23. The van der Waals surface area contributed by atoms with Gasteiger partial charge < -0.3 is 20.5 Å². The van der Waals surface area contributed by atoms with Crippen molar-refractivity contribution in [3.05, 3.63) is 15.6 Å². The van der Waals surface area contributed by atoms with E-state index >= 15 is 0 Å². The van der Waals surface area contributed by atoms with Crippen LogP contribution in [0.25, 0.3) is 0 Å². The number of aromatic nitrogens is 1. The SMILES string of the molecule is Cc1nc(CNC(=O)NC2(C)CCCOC2)sc1C(=O)O.